The molecule has 1 amide bonds. The number of hydrogen-bond acceptors (Lipinski definition) is 4. The van der Waals surface area contributed by atoms with Crippen LogP contribution in [0, 0.1) is 0 Å². The average molecular weight is 391 g/mol. The fourth-order valence-electron chi connectivity index (χ4n) is 2.86. The zero-order valence-electron chi connectivity index (χ0n) is 16.7. The van der Waals surface area contributed by atoms with Crippen LogP contribution in [0.2, 0.25) is 0 Å². The number of nitrogen functional groups attached to an aromatic ring is 1. The highest BCUT2D eigenvalue weighted by Gasteiger charge is 2.07. The largest absolute Gasteiger partial charge is 0.399 e. The molecule has 152 valence electrons. The molecule has 3 aromatic rings. The van der Waals surface area contributed by atoms with E-state index in [2.05, 4.69) is 29.2 Å². The van der Waals surface area contributed by atoms with E-state index in [4.69, 9.17) is 17.2 Å². The monoisotopic (exact) mass is 390 g/mol. The fourth-order valence-corrected chi connectivity index (χ4v) is 2.86. The standard InChI is InChI=1S/C18H23N3O.C6H7N/c19-11-4-12-21(13-15-5-2-1-3-6-15)14-16-7-9-17(10-8-16)18(20)22;7-6-4-2-1-3-5-6/h1-3,5-10H,4,11-14,19H2,(H2,20,22);1-5H,7H2. The number of carbonyl (C=O) groups is 1. The van der Waals surface area contributed by atoms with Gasteiger partial charge in [0.25, 0.3) is 0 Å². The van der Waals surface area contributed by atoms with Crippen molar-refractivity contribution in [1.29, 1.82) is 0 Å². The van der Waals surface area contributed by atoms with Crippen molar-refractivity contribution in [2.75, 3.05) is 18.8 Å². The lowest BCUT2D eigenvalue weighted by molar-refractivity contribution is 0.100. The summed E-state index contributed by atoms with van der Waals surface area (Å²) in [5, 5.41) is 0. The molecule has 0 aliphatic carbocycles. The second-order valence-corrected chi connectivity index (χ2v) is 6.81. The number of carbonyl (C=O) groups excluding carboxylic acids is 1. The van der Waals surface area contributed by atoms with Gasteiger partial charge in [0.05, 0.1) is 0 Å². The van der Waals surface area contributed by atoms with Gasteiger partial charge in [-0.3, -0.25) is 9.69 Å². The van der Waals surface area contributed by atoms with E-state index >= 15 is 0 Å². The van der Waals surface area contributed by atoms with Crippen LogP contribution in [0.25, 0.3) is 0 Å². The van der Waals surface area contributed by atoms with Crippen LogP contribution >= 0.6 is 0 Å². The molecule has 0 fully saturated rings. The SMILES string of the molecule is NCCCN(Cc1ccccc1)Cc1ccc(C(N)=O)cc1.Nc1ccccc1. The molecule has 5 nitrogen and oxygen atoms in total. The van der Waals surface area contributed by atoms with Crippen LogP contribution in [0.15, 0.2) is 84.9 Å². The highest BCUT2D eigenvalue weighted by atomic mass is 16.1. The molecule has 3 aromatic carbocycles. The van der Waals surface area contributed by atoms with Crippen molar-refractivity contribution in [2.45, 2.75) is 19.5 Å². The summed E-state index contributed by atoms with van der Waals surface area (Å²) in [4.78, 5) is 13.5. The third-order valence-electron chi connectivity index (χ3n) is 4.37. The number of benzene rings is 3. The number of para-hydroxylation sites is 1. The van der Waals surface area contributed by atoms with Crippen LogP contribution in [0.5, 0.6) is 0 Å². The summed E-state index contributed by atoms with van der Waals surface area (Å²) in [6, 6.07) is 27.4. The molecule has 0 aromatic heterocycles. The topological polar surface area (TPSA) is 98.4 Å². The van der Waals surface area contributed by atoms with Crippen LogP contribution in [0.4, 0.5) is 5.69 Å². The van der Waals surface area contributed by atoms with Gasteiger partial charge in [-0.2, -0.15) is 0 Å². The third-order valence-corrected chi connectivity index (χ3v) is 4.37. The lowest BCUT2D eigenvalue weighted by Crippen LogP contribution is -2.25. The molecular formula is C24H30N4O. The van der Waals surface area contributed by atoms with Crippen LogP contribution in [-0.2, 0) is 13.1 Å². The molecule has 0 bridgehead atoms. The van der Waals surface area contributed by atoms with Crippen LogP contribution in [-0.4, -0.2) is 23.9 Å². The van der Waals surface area contributed by atoms with Crippen molar-refractivity contribution in [1.82, 2.24) is 4.90 Å². The molecule has 0 saturated heterocycles. The number of anilines is 1. The van der Waals surface area contributed by atoms with Gasteiger partial charge in [0.2, 0.25) is 5.91 Å². The Morgan fingerprint density at radius 2 is 1.28 bits per heavy atom. The molecule has 0 aliphatic heterocycles. The molecule has 0 aliphatic rings. The molecule has 0 atom stereocenters. The third kappa shape index (κ3) is 8.60. The minimum atomic E-state index is -0.393. The molecule has 29 heavy (non-hydrogen) atoms. The summed E-state index contributed by atoms with van der Waals surface area (Å²) < 4.78 is 0. The lowest BCUT2D eigenvalue weighted by Gasteiger charge is -2.22. The molecular weight excluding hydrogens is 360 g/mol. The van der Waals surface area contributed by atoms with Gasteiger partial charge in [-0.1, -0.05) is 60.7 Å². The van der Waals surface area contributed by atoms with Gasteiger partial charge in [0, 0.05) is 30.9 Å². The minimum Gasteiger partial charge on any atom is -0.399 e. The van der Waals surface area contributed by atoms with Gasteiger partial charge in [-0.25, -0.2) is 0 Å². The van der Waals surface area contributed by atoms with E-state index in [9.17, 15) is 4.79 Å². The first-order chi connectivity index (χ1) is 14.1. The Kier molecular flexibility index (Phi) is 9.42. The predicted octanol–water partition coefficient (Wildman–Crippen LogP) is 3.41. The fraction of sp³-hybridized carbons (Fsp3) is 0.208. The summed E-state index contributed by atoms with van der Waals surface area (Å²) >= 11 is 0. The first-order valence-electron chi connectivity index (χ1n) is 9.74. The Balaban J connectivity index is 0.000000360. The number of hydrogen-bond donors (Lipinski definition) is 3. The van der Waals surface area contributed by atoms with Gasteiger partial charge in [0.15, 0.2) is 0 Å². The van der Waals surface area contributed by atoms with Crippen molar-refractivity contribution < 1.29 is 4.79 Å². The highest BCUT2D eigenvalue weighted by Crippen LogP contribution is 2.11. The molecule has 0 spiro atoms. The number of nitrogens with zero attached hydrogens (tertiary/aromatic N) is 1. The summed E-state index contributed by atoms with van der Waals surface area (Å²) in [6.07, 6.45) is 0.964. The highest BCUT2D eigenvalue weighted by molar-refractivity contribution is 5.92. The summed E-state index contributed by atoms with van der Waals surface area (Å²) in [5.41, 5.74) is 20.1. The molecule has 6 N–H and O–H groups in total. The number of primary amides is 1. The number of nitrogens with two attached hydrogens (primary N) is 3. The Bertz CT molecular complexity index is 836. The second-order valence-electron chi connectivity index (χ2n) is 6.81. The maximum absolute atomic E-state index is 11.1. The van der Waals surface area contributed by atoms with Crippen molar-refractivity contribution >= 4 is 11.6 Å². The van der Waals surface area contributed by atoms with Gasteiger partial charge in [-0.05, 0) is 48.4 Å². The first-order valence-corrected chi connectivity index (χ1v) is 9.74. The number of rotatable bonds is 8. The normalized spacial score (nSPS) is 10.3. The molecule has 0 unspecified atom stereocenters. The summed E-state index contributed by atoms with van der Waals surface area (Å²) in [6.45, 7) is 3.35. The Morgan fingerprint density at radius 1 is 0.759 bits per heavy atom. The molecule has 5 heteroatoms. The second kappa shape index (κ2) is 12.3. The molecule has 0 saturated carbocycles. The van der Waals surface area contributed by atoms with Crippen molar-refractivity contribution in [3.05, 3.63) is 102 Å². The quantitative estimate of drug-likeness (QED) is 0.513. The Labute approximate surface area is 173 Å². The summed E-state index contributed by atoms with van der Waals surface area (Å²) in [5.74, 6) is -0.393. The van der Waals surface area contributed by atoms with E-state index in [1.54, 1.807) is 12.1 Å². The van der Waals surface area contributed by atoms with E-state index in [-0.39, 0.29) is 0 Å². The van der Waals surface area contributed by atoms with Gasteiger partial charge in [0.1, 0.15) is 0 Å². The van der Waals surface area contributed by atoms with Crippen LogP contribution in [0.1, 0.15) is 27.9 Å². The van der Waals surface area contributed by atoms with Gasteiger partial charge in [-0.15, -0.1) is 0 Å². The average Bonchev–Trinajstić information content (AvgIpc) is 2.74. The smallest absolute Gasteiger partial charge is 0.248 e. The van der Waals surface area contributed by atoms with E-state index in [0.29, 0.717) is 12.1 Å². The van der Waals surface area contributed by atoms with E-state index in [1.165, 1.54) is 5.56 Å². The Hall–Kier alpha value is -3.15. The zero-order chi connectivity index (χ0) is 20.9. The van der Waals surface area contributed by atoms with Crippen molar-refractivity contribution in [3.8, 4) is 0 Å². The van der Waals surface area contributed by atoms with Crippen molar-refractivity contribution in [3.63, 3.8) is 0 Å². The van der Waals surface area contributed by atoms with Gasteiger partial charge < -0.3 is 17.2 Å². The predicted molar refractivity (Wildman–Crippen MR) is 120 cm³/mol. The first kappa shape index (κ1) is 22.1. The lowest BCUT2D eigenvalue weighted by atomic mass is 10.1. The van der Waals surface area contributed by atoms with Crippen LogP contribution in [0.3, 0.4) is 0 Å². The summed E-state index contributed by atoms with van der Waals surface area (Å²) in [7, 11) is 0. The van der Waals surface area contributed by atoms with E-state index in [0.717, 1.165) is 37.3 Å². The van der Waals surface area contributed by atoms with E-state index < -0.39 is 5.91 Å². The molecule has 0 radical (unpaired) electrons. The minimum absolute atomic E-state index is 0.393. The van der Waals surface area contributed by atoms with E-state index in [1.807, 2.05) is 48.5 Å². The maximum Gasteiger partial charge on any atom is 0.248 e. The molecule has 0 heterocycles. The Morgan fingerprint density at radius 3 is 1.72 bits per heavy atom. The van der Waals surface area contributed by atoms with Gasteiger partial charge >= 0.3 is 0 Å². The zero-order valence-corrected chi connectivity index (χ0v) is 16.7. The maximum atomic E-state index is 11.1. The number of amides is 1. The molecule has 3 rings (SSSR count). The van der Waals surface area contributed by atoms with Crippen LogP contribution < -0.4 is 17.2 Å². The van der Waals surface area contributed by atoms with Crippen molar-refractivity contribution in [2.24, 2.45) is 11.5 Å².